The quantitative estimate of drug-likeness (QED) is 0.840. The Morgan fingerprint density at radius 3 is 2.38 bits per heavy atom. The molecule has 0 saturated heterocycles. The Morgan fingerprint density at radius 1 is 1.31 bits per heavy atom. The summed E-state index contributed by atoms with van der Waals surface area (Å²) in [7, 11) is -3.16. The van der Waals surface area contributed by atoms with Gasteiger partial charge >= 0.3 is 0 Å². The summed E-state index contributed by atoms with van der Waals surface area (Å²) >= 11 is 0. The van der Waals surface area contributed by atoms with Crippen LogP contribution in [-0.2, 0) is 10.0 Å². The zero-order valence-electron chi connectivity index (χ0n) is 9.05. The largest absolute Gasteiger partial charge is 0.508 e. The molecule has 4 nitrogen and oxygen atoms in total. The van der Waals surface area contributed by atoms with Gasteiger partial charge in [0.1, 0.15) is 5.75 Å². The lowest BCUT2D eigenvalue weighted by molar-refractivity contribution is 0.475. The summed E-state index contributed by atoms with van der Waals surface area (Å²) in [5, 5.41) is 8.93. The molecule has 0 heterocycles. The highest BCUT2D eigenvalue weighted by Gasteiger charge is 2.36. The molecular formula is C11H15NO3S. The third-order valence-corrected chi connectivity index (χ3v) is 4.73. The van der Waals surface area contributed by atoms with Crippen LogP contribution in [-0.4, -0.2) is 18.8 Å². The predicted molar refractivity (Wildman–Crippen MR) is 61.6 cm³/mol. The second-order valence-electron chi connectivity index (χ2n) is 4.18. The Labute approximate surface area is 95.4 Å². The van der Waals surface area contributed by atoms with Crippen molar-refractivity contribution in [2.45, 2.75) is 31.1 Å². The van der Waals surface area contributed by atoms with Gasteiger partial charge in [0.05, 0.1) is 5.25 Å². The highest BCUT2D eigenvalue weighted by Crippen LogP contribution is 2.29. The number of hydrogen-bond acceptors (Lipinski definition) is 3. The first-order chi connectivity index (χ1) is 7.49. The van der Waals surface area contributed by atoms with E-state index in [0.29, 0.717) is 0 Å². The van der Waals surface area contributed by atoms with Gasteiger partial charge in [-0.25, -0.2) is 13.1 Å². The summed E-state index contributed by atoms with van der Waals surface area (Å²) in [6.45, 7) is 1.80. The molecule has 1 aromatic carbocycles. The number of sulfonamides is 1. The smallest absolute Gasteiger partial charge is 0.215 e. The van der Waals surface area contributed by atoms with Crippen molar-refractivity contribution >= 4 is 10.0 Å². The molecule has 1 fully saturated rings. The van der Waals surface area contributed by atoms with E-state index in [4.69, 9.17) is 5.11 Å². The summed E-state index contributed by atoms with van der Waals surface area (Å²) < 4.78 is 26.0. The zero-order valence-corrected chi connectivity index (χ0v) is 9.87. The minimum Gasteiger partial charge on any atom is -0.508 e. The van der Waals surface area contributed by atoms with Gasteiger partial charge in [-0.3, -0.25) is 0 Å². The molecule has 1 aliphatic rings. The Bertz CT molecular complexity index is 463. The molecule has 0 spiro atoms. The molecule has 0 radical (unpaired) electrons. The van der Waals surface area contributed by atoms with E-state index in [-0.39, 0.29) is 17.0 Å². The third kappa shape index (κ3) is 2.54. The lowest BCUT2D eigenvalue weighted by atomic mass is 10.1. The molecular weight excluding hydrogens is 226 g/mol. The van der Waals surface area contributed by atoms with Gasteiger partial charge in [0.25, 0.3) is 0 Å². The topological polar surface area (TPSA) is 66.4 Å². The summed E-state index contributed by atoms with van der Waals surface area (Å²) in [6, 6.07) is 6.28. The standard InChI is InChI=1S/C11H15NO3S/c1-8(9-2-4-10(13)5-3-9)12-16(14,15)11-6-7-11/h2-5,8,11-13H,6-7H2,1H3/t8-/m0/s1. The van der Waals surface area contributed by atoms with Crippen LogP contribution in [0.2, 0.25) is 0 Å². The molecule has 2 N–H and O–H groups in total. The molecule has 16 heavy (non-hydrogen) atoms. The number of benzene rings is 1. The number of nitrogens with one attached hydrogen (secondary N) is 1. The molecule has 0 bridgehead atoms. The van der Waals surface area contributed by atoms with Crippen molar-refractivity contribution in [3.05, 3.63) is 29.8 Å². The predicted octanol–water partition coefficient (Wildman–Crippen LogP) is 1.53. The highest BCUT2D eigenvalue weighted by molar-refractivity contribution is 7.90. The van der Waals surface area contributed by atoms with Gasteiger partial charge < -0.3 is 5.11 Å². The molecule has 5 heteroatoms. The molecule has 1 aliphatic carbocycles. The van der Waals surface area contributed by atoms with Crippen LogP contribution < -0.4 is 4.72 Å². The Morgan fingerprint density at radius 2 is 1.88 bits per heavy atom. The lowest BCUT2D eigenvalue weighted by Gasteiger charge is -2.14. The number of phenolic OH excluding ortho intramolecular Hbond substituents is 1. The van der Waals surface area contributed by atoms with Gasteiger partial charge in [-0.05, 0) is 37.5 Å². The number of rotatable bonds is 4. The van der Waals surface area contributed by atoms with E-state index in [9.17, 15) is 8.42 Å². The van der Waals surface area contributed by atoms with Crippen molar-refractivity contribution < 1.29 is 13.5 Å². The van der Waals surface area contributed by atoms with Crippen molar-refractivity contribution in [3.63, 3.8) is 0 Å². The van der Waals surface area contributed by atoms with Crippen LogP contribution in [0.1, 0.15) is 31.4 Å². The van der Waals surface area contributed by atoms with Crippen LogP contribution in [0.4, 0.5) is 0 Å². The number of phenols is 1. The number of hydrogen-bond donors (Lipinski definition) is 2. The zero-order chi connectivity index (χ0) is 11.8. The summed E-state index contributed by atoms with van der Waals surface area (Å²) in [5.74, 6) is 0.181. The van der Waals surface area contributed by atoms with Crippen molar-refractivity contribution in [2.75, 3.05) is 0 Å². The summed E-state index contributed by atoms with van der Waals surface area (Å²) in [6.07, 6.45) is 1.52. The molecule has 0 aliphatic heterocycles. The first-order valence-electron chi connectivity index (χ1n) is 5.29. The maximum absolute atomic E-state index is 11.7. The monoisotopic (exact) mass is 241 g/mol. The van der Waals surface area contributed by atoms with Crippen LogP contribution in [0.25, 0.3) is 0 Å². The second kappa shape index (κ2) is 4.07. The van der Waals surface area contributed by atoms with Gasteiger partial charge in [-0.15, -0.1) is 0 Å². The molecule has 1 aromatic rings. The minimum atomic E-state index is -3.16. The highest BCUT2D eigenvalue weighted by atomic mass is 32.2. The summed E-state index contributed by atoms with van der Waals surface area (Å²) in [5.41, 5.74) is 0.849. The van der Waals surface area contributed by atoms with Crippen LogP contribution in [0.5, 0.6) is 5.75 Å². The Kier molecular flexibility index (Phi) is 2.90. The van der Waals surface area contributed by atoms with Crippen molar-refractivity contribution in [3.8, 4) is 5.75 Å². The third-order valence-electron chi connectivity index (χ3n) is 2.70. The first kappa shape index (κ1) is 11.4. The number of aromatic hydroxyl groups is 1. The maximum atomic E-state index is 11.7. The molecule has 88 valence electrons. The molecule has 0 amide bonds. The van der Waals surface area contributed by atoms with Crippen LogP contribution in [0.15, 0.2) is 24.3 Å². The van der Waals surface area contributed by atoms with E-state index in [2.05, 4.69) is 4.72 Å². The summed E-state index contributed by atoms with van der Waals surface area (Å²) in [4.78, 5) is 0. The van der Waals surface area contributed by atoms with E-state index in [1.807, 2.05) is 0 Å². The maximum Gasteiger partial charge on any atom is 0.215 e. The van der Waals surface area contributed by atoms with Crippen molar-refractivity contribution in [2.24, 2.45) is 0 Å². The fourth-order valence-electron chi connectivity index (χ4n) is 1.55. The van der Waals surface area contributed by atoms with Crippen LogP contribution >= 0.6 is 0 Å². The SMILES string of the molecule is C[C@H](NS(=O)(=O)C1CC1)c1ccc(O)cc1. The van der Waals surface area contributed by atoms with Gasteiger partial charge in [-0.1, -0.05) is 12.1 Å². The molecule has 0 unspecified atom stereocenters. The molecule has 0 aromatic heterocycles. The molecule has 1 atom stereocenters. The normalized spacial score (nSPS) is 18.3. The van der Waals surface area contributed by atoms with E-state index in [1.54, 1.807) is 31.2 Å². The van der Waals surface area contributed by atoms with Gasteiger partial charge in [0.15, 0.2) is 0 Å². The van der Waals surface area contributed by atoms with E-state index >= 15 is 0 Å². The average molecular weight is 241 g/mol. The lowest BCUT2D eigenvalue weighted by Crippen LogP contribution is -2.29. The van der Waals surface area contributed by atoms with Crippen LogP contribution in [0.3, 0.4) is 0 Å². The van der Waals surface area contributed by atoms with Crippen molar-refractivity contribution in [1.29, 1.82) is 0 Å². The molecule has 1 saturated carbocycles. The van der Waals surface area contributed by atoms with E-state index in [1.165, 1.54) is 0 Å². The fourth-order valence-corrected chi connectivity index (χ4v) is 3.13. The van der Waals surface area contributed by atoms with E-state index in [0.717, 1.165) is 18.4 Å². The Balaban J connectivity index is 2.08. The fraction of sp³-hybridized carbons (Fsp3) is 0.455. The van der Waals surface area contributed by atoms with Gasteiger partial charge in [0, 0.05) is 6.04 Å². The molecule has 2 rings (SSSR count). The Hall–Kier alpha value is -1.07. The van der Waals surface area contributed by atoms with E-state index < -0.39 is 10.0 Å². The van der Waals surface area contributed by atoms with Gasteiger partial charge in [0.2, 0.25) is 10.0 Å². The van der Waals surface area contributed by atoms with Crippen molar-refractivity contribution in [1.82, 2.24) is 4.72 Å². The van der Waals surface area contributed by atoms with Gasteiger partial charge in [-0.2, -0.15) is 0 Å². The minimum absolute atomic E-state index is 0.181. The second-order valence-corrected chi connectivity index (χ2v) is 6.17. The average Bonchev–Trinajstić information content (AvgIpc) is 3.01. The first-order valence-corrected chi connectivity index (χ1v) is 6.84. The van der Waals surface area contributed by atoms with Crippen LogP contribution in [0, 0.1) is 0 Å².